The molecule has 8 nitrogen and oxygen atoms in total. The molecule has 1 fully saturated rings. The van der Waals surface area contributed by atoms with Crippen LogP contribution < -0.4 is 4.90 Å². The first-order chi connectivity index (χ1) is 11.7. The van der Waals surface area contributed by atoms with Crippen molar-refractivity contribution in [3.05, 3.63) is 52.6 Å². The van der Waals surface area contributed by atoms with Gasteiger partial charge in [0.1, 0.15) is 4.92 Å². The van der Waals surface area contributed by atoms with E-state index in [4.69, 9.17) is 4.42 Å². The molecule has 2 aromatic heterocycles. The van der Waals surface area contributed by atoms with Crippen molar-refractivity contribution in [1.82, 2.24) is 14.8 Å². The van der Waals surface area contributed by atoms with E-state index < -0.39 is 4.92 Å². The van der Waals surface area contributed by atoms with Crippen molar-refractivity contribution in [2.24, 2.45) is 0 Å². The first-order valence-corrected chi connectivity index (χ1v) is 7.74. The fraction of sp³-hybridized carbons (Fsp3) is 0.250. The van der Waals surface area contributed by atoms with E-state index in [1.54, 1.807) is 4.68 Å². The number of rotatable bonds is 4. The van der Waals surface area contributed by atoms with Crippen LogP contribution in [0.3, 0.4) is 0 Å². The van der Waals surface area contributed by atoms with Crippen molar-refractivity contribution >= 4 is 11.8 Å². The lowest BCUT2D eigenvalue weighted by molar-refractivity contribution is -0.401. The van der Waals surface area contributed by atoms with E-state index in [9.17, 15) is 10.1 Å². The number of anilines is 1. The highest BCUT2D eigenvalue weighted by atomic mass is 16.6. The SMILES string of the molecule is O=[N+]([O-])c1ccc(-c2nc(N3CCCC3)n(-c3ccccc3)n2)o1. The summed E-state index contributed by atoms with van der Waals surface area (Å²) in [6.45, 7) is 1.84. The van der Waals surface area contributed by atoms with Crippen LogP contribution in [-0.4, -0.2) is 32.8 Å². The number of furan rings is 1. The smallest absolute Gasteiger partial charge is 0.397 e. The Labute approximate surface area is 137 Å². The van der Waals surface area contributed by atoms with Crippen molar-refractivity contribution in [1.29, 1.82) is 0 Å². The lowest BCUT2D eigenvalue weighted by Gasteiger charge is -2.16. The summed E-state index contributed by atoms with van der Waals surface area (Å²) in [5, 5.41) is 15.3. The molecule has 0 radical (unpaired) electrons. The van der Waals surface area contributed by atoms with Gasteiger partial charge in [0, 0.05) is 13.1 Å². The van der Waals surface area contributed by atoms with Gasteiger partial charge in [0.05, 0.1) is 11.8 Å². The second-order valence-corrected chi connectivity index (χ2v) is 5.57. The monoisotopic (exact) mass is 325 g/mol. The average molecular weight is 325 g/mol. The normalized spacial score (nSPS) is 14.2. The lowest BCUT2D eigenvalue weighted by atomic mass is 10.3. The summed E-state index contributed by atoms with van der Waals surface area (Å²) in [6.07, 6.45) is 2.23. The Morgan fingerprint density at radius 2 is 1.83 bits per heavy atom. The van der Waals surface area contributed by atoms with E-state index in [1.807, 2.05) is 30.3 Å². The fourth-order valence-corrected chi connectivity index (χ4v) is 2.82. The Morgan fingerprint density at radius 1 is 1.08 bits per heavy atom. The van der Waals surface area contributed by atoms with Crippen LogP contribution in [0.2, 0.25) is 0 Å². The van der Waals surface area contributed by atoms with Gasteiger partial charge in [0.15, 0.2) is 5.76 Å². The van der Waals surface area contributed by atoms with Gasteiger partial charge >= 0.3 is 5.88 Å². The van der Waals surface area contributed by atoms with Crippen molar-refractivity contribution in [2.45, 2.75) is 12.8 Å². The standard InChI is InChI=1S/C16H15N5O3/c22-21(23)14-9-8-13(24-14)15-17-16(19-10-4-5-11-19)20(18-15)12-6-2-1-3-7-12/h1-3,6-9H,4-5,10-11H2. The zero-order valence-electron chi connectivity index (χ0n) is 12.8. The number of hydrogen-bond acceptors (Lipinski definition) is 6. The van der Waals surface area contributed by atoms with Crippen LogP contribution in [0.1, 0.15) is 12.8 Å². The van der Waals surface area contributed by atoms with Crippen LogP contribution >= 0.6 is 0 Å². The minimum absolute atomic E-state index is 0.289. The van der Waals surface area contributed by atoms with Crippen molar-refractivity contribution in [3.63, 3.8) is 0 Å². The summed E-state index contributed by atoms with van der Waals surface area (Å²) < 4.78 is 7.00. The molecule has 0 N–H and O–H groups in total. The van der Waals surface area contributed by atoms with E-state index in [1.165, 1.54) is 12.1 Å². The second kappa shape index (κ2) is 5.80. The van der Waals surface area contributed by atoms with Crippen molar-refractivity contribution in [2.75, 3.05) is 18.0 Å². The van der Waals surface area contributed by atoms with Gasteiger partial charge in [-0.05, 0) is 31.0 Å². The minimum atomic E-state index is -0.570. The summed E-state index contributed by atoms with van der Waals surface area (Å²) in [4.78, 5) is 17.0. The average Bonchev–Trinajstić information content (AvgIpc) is 3.33. The summed E-state index contributed by atoms with van der Waals surface area (Å²) in [5.74, 6) is 1.04. The molecule has 8 heteroatoms. The highest BCUT2D eigenvalue weighted by molar-refractivity contribution is 5.54. The van der Waals surface area contributed by atoms with Gasteiger partial charge in [-0.1, -0.05) is 18.2 Å². The van der Waals surface area contributed by atoms with Crippen LogP contribution in [-0.2, 0) is 0 Å². The molecule has 0 atom stereocenters. The van der Waals surface area contributed by atoms with Gasteiger partial charge in [-0.15, -0.1) is 5.10 Å². The number of nitro groups is 1. The Hall–Kier alpha value is -3.16. The first-order valence-electron chi connectivity index (χ1n) is 7.74. The third kappa shape index (κ3) is 2.51. The number of benzene rings is 1. The van der Waals surface area contributed by atoms with Crippen LogP contribution in [0.5, 0.6) is 0 Å². The number of para-hydroxylation sites is 1. The van der Waals surface area contributed by atoms with Gasteiger partial charge in [-0.2, -0.15) is 9.67 Å². The van der Waals surface area contributed by atoms with Crippen LogP contribution in [0, 0.1) is 10.1 Å². The molecule has 122 valence electrons. The Kier molecular flexibility index (Phi) is 3.49. The van der Waals surface area contributed by atoms with Crippen LogP contribution in [0.15, 0.2) is 46.9 Å². The predicted molar refractivity (Wildman–Crippen MR) is 87.2 cm³/mol. The van der Waals surface area contributed by atoms with Gasteiger partial charge in [0.2, 0.25) is 11.8 Å². The molecule has 0 spiro atoms. The molecule has 4 rings (SSSR count). The molecule has 3 aromatic rings. The van der Waals surface area contributed by atoms with E-state index >= 15 is 0 Å². The fourth-order valence-electron chi connectivity index (χ4n) is 2.82. The maximum atomic E-state index is 10.8. The molecular weight excluding hydrogens is 310 g/mol. The molecule has 3 heterocycles. The molecule has 0 amide bonds. The topological polar surface area (TPSA) is 90.2 Å². The van der Waals surface area contributed by atoms with Gasteiger partial charge in [-0.25, -0.2) is 0 Å². The van der Waals surface area contributed by atoms with Crippen molar-refractivity contribution < 1.29 is 9.34 Å². The molecule has 1 aliphatic rings. The predicted octanol–water partition coefficient (Wildman–Crippen LogP) is 3.04. The molecule has 24 heavy (non-hydrogen) atoms. The summed E-state index contributed by atoms with van der Waals surface area (Å²) in [7, 11) is 0. The Morgan fingerprint density at radius 3 is 2.50 bits per heavy atom. The highest BCUT2D eigenvalue weighted by Crippen LogP contribution is 2.28. The molecule has 0 unspecified atom stereocenters. The molecule has 1 aromatic carbocycles. The Balaban J connectivity index is 1.79. The number of nitrogens with zero attached hydrogens (tertiary/aromatic N) is 5. The summed E-state index contributed by atoms with van der Waals surface area (Å²) in [6, 6.07) is 12.5. The maximum Gasteiger partial charge on any atom is 0.433 e. The van der Waals surface area contributed by atoms with Crippen LogP contribution in [0.4, 0.5) is 11.8 Å². The maximum absolute atomic E-state index is 10.8. The first kappa shape index (κ1) is 14.4. The zero-order valence-corrected chi connectivity index (χ0v) is 12.8. The third-order valence-electron chi connectivity index (χ3n) is 3.97. The number of hydrogen-bond donors (Lipinski definition) is 0. The molecule has 0 aliphatic carbocycles. The van der Waals surface area contributed by atoms with E-state index in [0.29, 0.717) is 5.82 Å². The highest BCUT2D eigenvalue weighted by Gasteiger charge is 2.24. The zero-order chi connectivity index (χ0) is 16.5. The summed E-state index contributed by atoms with van der Waals surface area (Å²) in [5.41, 5.74) is 0.888. The second-order valence-electron chi connectivity index (χ2n) is 5.57. The van der Waals surface area contributed by atoms with Gasteiger partial charge < -0.3 is 9.32 Å². The lowest BCUT2D eigenvalue weighted by Crippen LogP contribution is -2.22. The molecule has 0 saturated carbocycles. The molecule has 1 saturated heterocycles. The van der Waals surface area contributed by atoms with E-state index in [0.717, 1.165) is 37.6 Å². The number of aromatic nitrogens is 3. The molecule has 1 aliphatic heterocycles. The largest absolute Gasteiger partial charge is 0.433 e. The molecule has 0 bridgehead atoms. The van der Waals surface area contributed by atoms with E-state index in [-0.39, 0.29) is 11.6 Å². The van der Waals surface area contributed by atoms with Crippen LogP contribution in [0.25, 0.3) is 17.3 Å². The Bertz CT molecular complexity index is 865. The van der Waals surface area contributed by atoms with Gasteiger partial charge in [-0.3, -0.25) is 10.1 Å². The van der Waals surface area contributed by atoms with Crippen molar-refractivity contribution in [3.8, 4) is 17.3 Å². The van der Waals surface area contributed by atoms with E-state index in [2.05, 4.69) is 15.0 Å². The van der Waals surface area contributed by atoms with Gasteiger partial charge in [0.25, 0.3) is 0 Å². The minimum Gasteiger partial charge on any atom is -0.397 e. The summed E-state index contributed by atoms with van der Waals surface area (Å²) >= 11 is 0. The third-order valence-corrected chi connectivity index (χ3v) is 3.97. The quantitative estimate of drug-likeness (QED) is 0.541. The molecular formula is C16H15N5O3.